The van der Waals surface area contributed by atoms with Crippen LogP contribution in [0.25, 0.3) is 0 Å². The lowest BCUT2D eigenvalue weighted by molar-refractivity contribution is 0.0979. The Balaban J connectivity index is 1.68. The summed E-state index contributed by atoms with van der Waals surface area (Å²) >= 11 is 0. The molecule has 6 heteroatoms. The minimum absolute atomic E-state index is 0.0469. The number of rotatable bonds is 4. The fourth-order valence-corrected chi connectivity index (χ4v) is 4.50. The summed E-state index contributed by atoms with van der Waals surface area (Å²) in [5, 5.41) is 0. The molecule has 0 unspecified atom stereocenters. The normalized spacial score (nSPS) is 13.2. The monoisotopic (exact) mass is 377 g/mol. The number of nitrogens with zero attached hydrogens (tertiary/aromatic N) is 1. The Labute approximate surface area is 156 Å². The number of aryl methyl sites for hydroxylation is 1. The topological polar surface area (TPSA) is 81.2 Å². The minimum atomic E-state index is -3.60. The third kappa shape index (κ3) is 3.08. The molecule has 0 saturated heterocycles. The van der Waals surface area contributed by atoms with Crippen LogP contribution in [0.2, 0.25) is 0 Å². The molecule has 4 rings (SSSR count). The van der Waals surface area contributed by atoms with Crippen LogP contribution in [0.1, 0.15) is 37.4 Å². The van der Waals surface area contributed by atoms with E-state index in [0.29, 0.717) is 17.5 Å². The van der Waals surface area contributed by atoms with Crippen molar-refractivity contribution in [2.75, 3.05) is 5.75 Å². The first-order chi connectivity index (χ1) is 13.0. The molecule has 0 bridgehead atoms. The largest absolute Gasteiger partial charge is 0.289 e. The molecule has 0 saturated carbocycles. The molecule has 0 atom stereocenters. The molecule has 1 aromatic heterocycles. The van der Waals surface area contributed by atoms with E-state index < -0.39 is 9.84 Å². The van der Waals surface area contributed by atoms with Gasteiger partial charge in [0.1, 0.15) is 0 Å². The smallest absolute Gasteiger partial charge is 0.194 e. The summed E-state index contributed by atoms with van der Waals surface area (Å²) in [7, 11) is -3.60. The third-order valence-electron chi connectivity index (χ3n) is 4.64. The highest BCUT2D eigenvalue weighted by Crippen LogP contribution is 2.29. The highest BCUT2D eigenvalue weighted by molar-refractivity contribution is 7.91. The summed E-state index contributed by atoms with van der Waals surface area (Å²) in [5.41, 5.74) is 1.85. The van der Waals surface area contributed by atoms with Gasteiger partial charge in [-0.15, -0.1) is 0 Å². The first kappa shape index (κ1) is 17.3. The van der Waals surface area contributed by atoms with Crippen LogP contribution in [0, 0.1) is 0 Å². The van der Waals surface area contributed by atoms with E-state index in [2.05, 4.69) is 4.98 Å². The lowest BCUT2D eigenvalue weighted by Crippen LogP contribution is -2.21. The molecule has 134 valence electrons. The molecule has 0 N–H and O–H groups in total. The average molecular weight is 377 g/mol. The Hall–Kier alpha value is -3.12. The number of hydrogen-bond acceptors (Lipinski definition) is 5. The Kier molecular flexibility index (Phi) is 4.20. The maximum atomic E-state index is 12.8. The van der Waals surface area contributed by atoms with Crippen LogP contribution in [-0.2, 0) is 16.3 Å². The van der Waals surface area contributed by atoms with E-state index in [1.54, 1.807) is 42.7 Å². The van der Waals surface area contributed by atoms with E-state index in [0.717, 1.165) is 5.56 Å². The van der Waals surface area contributed by atoms with Crippen LogP contribution < -0.4 is 0 Å². The zero-order valence-electron chi connectivity index (χ0n) is 14.3. The predicted octanol–water partition coefficient (Wildman–Crippen LogP) is 2.87. The first-order valence-electron chi connectivity index (χ1n) is 8.41. The Morgan fingerprint density at radius 2 is 1.44 bits per heavy atom. The van der Waals surface area contributed by atoms with Gasteiger partial charge in [0.05, 0.1) is 10.6 Å². The quantitative estimate of drug-likeness (QED) is 0.546. The number of carbonyl (C=O) groups is 2. The minimum Gasteiger partial charge on any atom is -0.289 e. The highest BCUT2D eigenvalue weighted by atomic mass is 32.2. The van der Waals surface area contributed by atoms with Crippen molar-refractivity contribution in [2.24, 2.45) is 0 Å². The number of benzene rings is 2. The number of ketones is 2. The van der Waals surface area contributed by atoms with E-state index >= 15 is 0 Å². The molecule has 1 aliphatic rings. The molecule has 0 amide bonds. The van der Waals surface area contributed by atoms with Gasteiger partial charge in [-0.1, -0.05) is 30.3 Å². The second kappa shape index (κ2) is 6.55. The summed E-state index contributed by atoms with van der Waals surface area (Å²) in [6, 6.07) is 14.3. The molecule has 0 radical (unpaired) electrons. The molecular weight excluding hydrogens is 362 g/mol. The fourth-order valence-electron chi connectivity index (χ4n) is 3.19. The molecule has 0 aliphatic heterocycles. The Morgan fingerprint density at radius 3 is 2.11 bits per heavy atom. The molecule has 1 aliphatic carbocycles. The van der Waals surface area contributed by atoms with Crippen molar-refractivity contribution in [2.45, 2.75) is 11.3 Å². The average Bonchev–Trinajstić information content (AvgIpc) is 2.71. The van der Waals surface area contributed by atoms with Gasteiger partial charge in [-0.25, -0.2) is 8.42 Å². The van der Waals surface area contributed by atoms with Crippen LogP contribution in [0.3, 0.4) is 0 Å². The van der Waals surface area contributed by atoms with Crippen molar-refractivity contribution in [3.63, 3.8) is 0 Å². The lowest BCUT2D eigenvalue weighted by Gasteiger charge is -2.18. The first-order valence-corrected chi connectivity index (χ1v) is 10.1. The highest BCUT2D eigenvalue weighted by Gasteiger charge is 2.30. The van der Waals surface area contributed by atoms with Crippen molar-refractivity contribution in [3.05, 3.63) is 94.8 Å². The van der Waals surface area contributed by atoms with Gasteiger partial charge < -0.3 is 0 Å². The van der Waals surface area contributed by atoms with Gasteiger partial charge in [0.2, 0.25) is 0 Å². The fraction of sp³-hybridized carbons (Fsp3) is 0.0952. The molecule has 1 heterocycles. The number of aromatic nitrogens is 1. The third-order valence-corrected chi connectivity index (χ3v) is 6.35. The van der Waals surface area contributed by atoms with Gasteiger partial charge in [-0.3, -0.25) is 14.6 Å². The molecule has 0 fully saturated rings. The summed E-state index contributed by atoms with van der Waals surface area (Å²) in [6.45, 7) is 0. The standard InChI is InChI=1S/C21H15NO4S/c23-20-16-5-1-2-6-17(16)21(24)19-12-15(7-8-18(19)20)27(25,26)11-9-14-4-3-10-22-13-14/h1-8,10,12-13H,9,11H2. The molecule has 3 aromatic rings. The molecular formula is C21H15NO4S. The van der Waals surface area contributed by atoms with Gasteiger partial charge in [-0.2, -0.15) is 0 Å². The number of fused-ring (bicyclic) bond motifs is 2. The van der Waals surface area contributed by atoms with Crippen molar-refractivity contribution in [1.29, 1.82) is 0 Å². The van der Waals surface area contributed by atoms with Crippen LogP contribution in [0.15, 0.2) is 71.9 Å². The van der Waals surface area contributed by atoms with E-state index in [-0.39, 0.29) is 33.3 Å². The lowest BCUT2D eigenvalue weighted by atomic mass is 9.84. The van der Waals surface area contributed by atoms with Crippen molar-refractivity contribution in [3.8, 4) is 0 Å². The second-order valence-corrected chi connectivity index (χ2v) is 8.45. The zero-order chi connectivity index (χ0) is 19.0. The summed E-state index contributed by atoms with van der Waals surface area (Å²) in [5.74, 6) is -0.694. The Bertz CT molecular complexity index is 1170. The summed E-state index contributed by atoms with van der Waals surface area (Å²) in [4.78, 5) is 29.4. The van der Waals surface area contributed by atoms with E-state index in [1.807, 2.05) is 6.07 Å². The number of pyridine rings is 1. The summed E-state index contributed by atoms with van der Waals surface area (Å²) < 4.78 is 25.4. The van der Waals surface area contributed by atoms with Gasteiger partial charge in [-0.05, 0) is 36.2 Å². The van der Waals surface area contributed by atoms with Gasteiger partial charge in [0.25, 0.3) is 0 Å². The zero-order valence-corrected chi connectivity index (χ0v) is 15.1. The van der Waals surface area contributed by atoms with Crippen LogP contribution in [0.4, 0.5) is 0 Å². The number of sulfone groups is 1. The maximum Gasteiger partial charge on any atom is 0.194 e. The van der Waals surface area contributed by atoms with Crippen LogP contribution in [-0.4, -0.2) is 30.7 Å². The van der Waals surface area contributed by atoms with Gasteiger partial charge in [0.15, 0.2) is 21.4 Å². The van der Waals surface area contributed by atoms with Gasteiger partial charge in [0, 0.05) is 34.6 Å². The molecule has 27 heavy (non-hydrogen) atoms. The van der Waals surface area contributed by atoms with Crippen LogP contribution in [0.5, 0.6) is 0 Å². The van der Waals surface area contributed by atoms with E-state index in [4.69, 9.17) is 0 Å². The van der Waals surface area contributed by atoms with Crippen LogP contribution >= 0.6 is 0 Å². The molecule has 2 aromatic carbocycles. The van der Waals surface area contributed by atoms with Gasteiger partial charge >= 0.3 is 0 Å². The predicted molar refractivity (Wildman–Crippen MR) is 99.7 cm³/mol. The van der Waals surface area contributed by atoms with E-state index in [9.17, 15) is 18.0 Å². The molecule has 0 spiro atoms. The van der Waals surface area contributed by atoms with Crippen molar-refractivity contribution >= 4 is 21.4 Å². The van der Waals surface area contributed by atoms with Crippen molar-refractivity contribution in [1.82, 2.24) is 4.98 Å². The Morgan fingerprint density at radius 1 is 0.778 bits per heavy atom. The van der Waals surface area contributed by atoms with Crippen molar-refractivity contribution < 1.29 is 18.0 Å². The maximum absolute atomic E-state index is 12.8. The number of hydrogen-bond donors (Lipinski definition) is 0. The SMILES string of the molecule is O=C1c2ccccc2C(=O)c2cc(S(=O)(=O)CCc3cccnc3)ccc21. The van der Waals surface area contributed by atoms with E-state index in [1.165, 1.54) is 18.2 Å². The second-order valence-electron chi connectivity index (χ2n) is 6.34. The molecule has 5 nitrogen and oxygen atoms in total. The number of carbonyl (C=O) groups excluding carboxylic acids is 2. The summed E-state index contributed by atoms with van der Waals surface area (Å²) in [6.07, 6.45) is 3.58.